The Balaban J connectivity index is 1.63. The number of alkyl halides is 1. The molecule has 0 aromatic heterocycles. The smallest absolute Gasteiger partial charge is 0.175 e. The second-order valence-corrected chi connectivity index (χ2v) is 10.8. The number of methoxy groups -OCH3 is 1. The lowest BCUT2D eigenvalue weighted by atomic mass is 9.44. The van der Waals surface area contributed by atoms with Crippen molar-refractivity contribution in [1.29, 1.82) is 0 Å². The quantitative estimate of drug-likeness (QED) is 0.428. The Bertz CT molecular complexity index is 627. The maximum Gasteiger partial charge on any atom is 0.175 e. The molecule has 4 saturated carbocycles. The molecule has 0 heterocycles. The number of carbonyl (C=O) groups excluding carboxylic acids is 1. The maximum absolute atomic E-state index is 12.9. The minimum Gasteiger partial charge on any atom is -0.370 e. The van der Waals surface area contributed by atoms with Crippen molar-refractivity contribution in [3.05, 3.63) is 4.91 Å². The minimum atomic E-state index is -0.608. The van der Waals surface area contributed by atoms with Gasteiger partial charge in [0.15, 0.2) is 5.78 Å². The van der Waals surface area contributed by atoms with Crippen molar-refractivity contribution in [3.63, 3.8) is 0 Å². The van der Waals surface area contributed by atoms with Crippen LogP contribution >= 0.6 is 15.9 Å². The van der Waals surface area contributed by atoms with E-state index in [2.05, 4.69) is 35.0 Å². The highest BCUT2D eigenvalue weighted by Crippen LogP contribution is 2.69. The summed E-state index contributed by atoms with van der Waals surface area (Å²) >= 11 is 3.41. The predicted octanol–water partition coefficient (Wildman–Crippen LogP) is 5.51. The molecule has 0 saturated heterocycles. The molecule has 0 aromatic rings. The topological polar surface area (TPSA) is 55.7 Å². The summed E-state index contributed by atoms with van der Waals surface area (Å²) in [7, 11) is 1.74. The van der Waals surface area contributed by atoms with E-state index in [0.29, 0.717) is 28.5 Å². The Kier molecular flexibility index (Phi) is 5.11. The van der Waals surface area contributed by atoms with E-state index < -0.39 is 5.60 Å². The summed E-state index contributed by atoms with van der Waals surface area (Å²) < 4.78 is 6.04. The summed E-state index contributed by atoms with van der Waals surface area (Å²) in [4.78, 5) is 24.0. The van der Waals surface area contributed by atoms with Crippen molar-refractivity contribution < 1.29 is 9.53 Å². The summed E-state index contributed by atoms with van der Waals surface area (Å²) in [6.45, 7) is 4.84. The van der Waals surface area contributed by atoms with Crippen molar-refractivity contribution in [1.82, 2.24) is 0 Å². The van der Waals surface area contributed by atoms with Gasteiger partial charge in [0.25, 0.3) is 0 Å². The third-order valence-corrected chi connectivity index (χ3v) is 10.3. The number of ether oxygens (including phenoxy) is 1. The Morgan fingerprint density at radius 2 is 1.81 bits per heavy atom. The van der Waals surface area contributed by atoms with Crippen LogP contribution in [0.1, 0.15) is 71.6 Å². The highest BCUT2D eigenvalue weighted by Gasteiger charge is 2.67. The van der Waals surface area contributed by atoms with Gasteiger partial charge in [-0.2, -0.15) is 4.91 Å². The second-order valence-electron chi connectivity index (χ2n) is 10.3. The SMILES string of the molecule is CO[C@]1(C(=O)CBr)CCC2C3CCC4CC(N=O)CCC4(C)C3CCC21C. The van der Waals surface area contributed by atoms with Gasteiger partial charge >= 0.3 is 0 Å². The molecule has 5 heteroatoms. The number of carbonyl (C=O) groups is 1. The first kappa shape index (κ1) is 20.0. The number of halogens is 1. The average molecular weight is 440 g/mol. The van der Waals surface area contributed by atoms with Crippen molar-refractivity contribution in [2.45, 2.75) is 83.3 Å². The Labute approximate surface area is 171 Å². The molecule has 4 aliphatic carbocycles. The van der Waals surface area contributed by atoms with Crippen LogP contribution in [0.5, 0.6) is 0 Å². The van der Waals surface area contributed by atoms with E-state index in [4.69, 9.17) is 4.74 Å². The molecule has 0 radical (unpaired) electrons. The molecule has 4 fully saturated rings. The molecule has 0 bridgehead atoms. The minimum absolute atomic E-state index is 0.0395. The maximum atomic E-state index is 12.9. The Hall–Kier alpha value is -0.290. The summed E-state index contributed by atoms with van der Waals surface area (Å²) in [6.07, 6.45) is 9.85. The van der Waals surface area contributed by atoms with Gasteiger partial charge < -0.3 is 4.74 Å². The molecule has 8 atom stereocenters. The fraction of sp³-hybridized carbons (Fsp3) is 0.955. The normalized spacial score (nSPS) is 51.8. The van der Waals surface area contributed by atoms with Gasteiger partial charge in [0, 0.05) is 12.5 Å². The van der Waals surface area contributed by atoms with Crippen molar-refractivity contribution >= 4 is 21.7 Å². The van der Waals surface area contributed by atoms with Gasteiger partial charge in [-0.05, 0) is 86.9 Å². The molecule has 4 nitrogen and oxygen atoms in total. The number of hydrogen-bond acceptors (Lipinski definition) is 4. The molecule has 7 unspecified atom stereocenters. The molecule has 4 rings (SSSR count). The van der Waals surface area contributed by atoms with E-state index >= 15 is 0 Å². The van der Waals surface area contributed by atoms with Gasteiger partial charge in [0.05, 0.1) is 11.4 Å². The number of hydrogen-bond donors (Lipinski definition) is 0. The predicted molar refractivity (Wildman–Crippen MR) is 110 cm³/mol. The standard InChI is InChI=1S/C22H34BrNO3/c1-20-9-6-15(24-26)12-14(20)4-5-16-17(20)7-10-21(2)18(16)8-11-22(21,27-3)19(25)13-23/h14-18H,4-13H2,1-3H3/t14?,15?,16?,17?,18?,20?,21?,22-/m0/s1. The lowest BCUT2D eigenvalue weighted by Crippen LogP contribution is -2.59. The molecule has 27 heavy (non-hydrogen) atoms. The molecule has 0 amide bonds. The fourth-order valence-electron chi connectivity index (χ4n) is 8.34. The zero-order valence-electron chi connectivity index (χ0n) is 17.0. The van der Waals surface area contributed by atoms with Gasteiger partial charge in [-0.3, -0.25) is 4.79 Å². The number of Topliss-reactive ketones (excluding diaryl/α,β-unsaturated/α-hetero) is 1. The number of nitrogens with zero attached hydrogens (tertiary/aromatic N) is 1. The number of nitroso groups, excluding NO2 is 1. The Morgan fingerprint density at radius 1 is 1.07 bits per heavy atom. The van der Waals surface area contributed by atoms with Crippen LogP contribution in [0.3, 0.4) is 0 Å². The highest BCUT2D eigenvalue weighted by molar-refractivity contribution is 9.09. The third kappa shape index (κ3) is 2.59. The van der Waals surface area contributed by atoms with Gasteiger partial charge in [0.1, 0.15) is 5.60 Å². The number of fused-ring (bicyclic) bond motifs is 5. The first-order valence-electron chi connectivity index (χ1n) is 10.8. The summed E-state index contributed by atoms with van der Waals surface area (Å²) in [6, 6.07) is 0.0395. The monoisotopic (exact) mass is 439 g/mol. The number of rotatable bonds is 4. The fourth-order valence-corrected chi connectivity index (χ4v) is 8.80. The van der Waals surface area contributed by atoms with Crippen LogP contribution in [0.2, 0.25) is 0 Å². The van der Waals surface area contributed by atoms with E-state index in [1.54, 1.807) is 7.11 Å². The van der Waals surface area contributed by atoms with Crippen molar-refractivity contribution in [3.8, 4) is 0 Å². The van der Waals surface area contributed by atoms with Crippen LogP contribution in [-0.2, 0) is 9.53 Å². The first-order chi connectivity index (χ1) is 12.9. The van der Waals surface area contributed by atoms with Crippen LogP contribution in [0.4, 0.5) is 0 Å². The molecule has 152 valence electrons. The first-order valence-corrected chi connectivity index (χ1v) is 12.0. The van der Waals surface area contributed by atoms with E-state index in [0.717, 1.165) is 44.4 Å². The van der Waals surface area contributed by atoms with E-state index in [1.165, 1.54) is 19.3 Å². The van der Waals surface area contributed by atoms with Gasteiger partial charge in [-0.25, -0.2) is 0 Å². The molecule has 0 aliphatic heterocycles. The van der Waals surface area contributed by atoms with Crippen LogP contribution < -0.4 is 0 Å². The van der Waals surface area contributed by atoms with Gasteiger partial charge in [0.2, 0.25) is 0 Å². The largest absolute Gasteiger partial charge is 0.370 e. The molecular weight excluding hydrogens is 406 g/mol. The lowest BCUT2D eigenvalue weighted by molar-refractivity contribution is -0.175. The van der Waals surface area contributed by atoms with E-state index in [-0.39, 0.29) is 17.2 Å². The molecule has 0 N–H and O–H groups in total. The third-order valence-electron chi connectivity index (χ3n) is 9.83. The van der Waals surface area contributed by atoms with Gasteiger partial charge in [-0.1, -0.05) is 35.0 Å². The zero-order chi connectivity index (χ0) is 19.4. The summed E-state index contributed by atoms with van der Waals surface area (Å²) in [5.74, 6) is 2.89. The molecule has 4 aliphatic rings. The van der Waals surface area contributed by atoms with Crippen LogP contribution in [0, 0.1) is 39.4 Å². The molecule has 0 aromatic carbocycles. The van der Waals surface area contributed by atoms with Crippen LogP contribution in [0.25, 0.3) is 0 Å². The zero-order valence-corrected chi connectivity index (χ0v) is 18.6. The molecular formula is C22H34BrNO3. The van der Waals surface area contributed by atoms with E-state index in [1.807, 2.05) is 0 Å². The Morgan fingerprint density at radius 3 is 2.48 bits per heavy atom. The molecule has 0 spiro atoms. The van der Waals surface area contributed by atoms with Gasteiger partial charge in [-0.15, -0.1) is 0 Å². The summed E-state index contributed by atoms with van der Waals surface area (Å²) in [5.41, 5.74) is -0.301. The highest BCUT2D eigenvalue weighted by atomic mass is 79.9. The lowest BCUT2D eigenvalue weighted by Gasteiger charge is -2.61. The average Bonchev–Trinajstić information content (AvgIpc) is 3.00. The van der Waals surface area contributed by atoms with Crippen molar-refractivity contribution in [2.24, 2.45) is 39.7 Å². The summed E-state index contributed by atoms with van der Waals surface area (Å²) in [5, 5.41) is 3.77. The van der Waals surface area contributed by atoms with Crippen LogP contribution in [0.15, 0.2) is 5.18 Å². The van der Waals surface area contributed by atoms with Crippen molar-refractivity contribution in [2.75, 3.05) is 12.4 Å². The number of ketones is 1. The van der Waals surface area contributed by atoms with Crippen LogP contribution in [-0.4, -0.2) is 29.9 Å². The second kappa shape index (κ2) is 6.90. The van der Waals surface area contributed by atoms with E-state index in [9.17, 15) is 9.70 Å².